The van der Waals surface area contributed by atoms with Crippen molar-refractivity contribution in [2.45, 2.75) is 6.04 Å². The first-order valence-electron chi connectivity index (χ1n) is 9.51. The molecule has 7 nitrogen and oxygen atoms in total. The number of nitrogens with one attached hydrogen (secondary N) is 1. The molecule has 0 amide bonds. The number of benzene rings is 2. The van der Waals surface area contributed by atoms with Crippen LogP contribution in [0.15, 0.2) is 54.6 Å². The first-order valence-corrected chi connectivity index (χ1v) is 11.1. The van der Waals surface area contributed by atoms with Gasteiger partial charge in [-0.1, -0.05) is 42.5 Å². The number of sulfonamides is 1. The van der Waals surface area contributed by atoms with Gasteiger partial charge in [0.1, 0.15) is 5.82 Å². The van der Waals surface area contributed by atoms with Gasteiger partial charge in [-0.2, -0.15) is 0 Å². The van der Waals surface area contributed by atoms with Crippen LogP contribution in [-0.2, 0) is 14.8 Å². The number of aromatic nitrogens is 2. The van der Waals surface area contributed by atoms with Crippen molar-refractivity contribution in [2.75, 3.05) is 38.4 Å². The van der Waals surface area contributed by atoms with E-state index in [1.165, 1.54) is 4.31 Å². The van der Waals surface area contributed by atoms with Crippen molar-refractivity contribution in [1.82, 2.24) is 14.3 Å². The summed E-state index contributed by atoms with van der Waals surface area (Å²) < 4.78 is 31.6. The zero-order chi connectivity index (χ0) is 20.4. The number of fused-ring (bicyclic) bond motifs is 1. The fourth-order valence-electron chi connectivity index (χ4n) is 3.42. The quantitative estimate of drug-likeness (QED) is 0.670. The minimum absolute atomic E-state index is 0.0340. The number of para-hydroxylation sites is 1. The van der Waals surface area contributed by atoms with Crippen LogP contribution in [0, 0.1) is 5.92 Å². The summed E-state index contributed by atoms with van der Waals surface area (Å²) in [5.41, 5.74) is 1.76. The Morgan fingerprint density at radius 1 is 1.03 bits per heavy atom. The van der Waals surface area contributed by atoms with Crippen molar-refractivity contribution >= 4 is 26.7 Å². The Morgan fingerprint density at radius 2 is 1.76 bits per heavy atom. The smallest absolute Gasteiger partial charge is 0.214 e. The van der Waals surface area contributed by atoms with Crippen LogP contribution in [-0.4, -0.2) is 61.8 Å². The van der Waals surface area contributed by atoms with Crippen LogP contribution in [0.3, 0.4) is 0 Å². The highest BCUT2D eigenvalue weighted by atomic mass is 32.2. The van der Waals surface area contributed by atoms with Gasteiger partial charge < -0.3 is 10.1 Å². The molecule has 2 heterocycles. The summed E-state index contributed by atoms with van der Waals surface area (Å²) in [6.07, 6.45) is 0. The van der Waals surface area contributed by atoms with Crippen molar-refractivity contribution in [3.05, 3.63) is 54.6 Å². The fraction of sp³-hybridized carbons (Fsp3) is 0.333. The van der Waals surface area contributed by atoms with E-state index in [1.807, 2.05) is 54.6 Å². The third-order valence-electron chi connectivity index (χ3n) is 5.14. The van der Waals surface area contributed by atoms with Gasteiger partial charge in [0.15, 0.2) is 5.82 Å². The monoisotopic (exact) mass is 412 g/mol. The summed E-state index contributed by atoms with van der Waals surface area (Å²) in [4.78, 5) is 9.46. The Bertz CT molecular complexity index is 1100. The van der Waals surface area contributed by atoms with E-state index in [0.29, 0.717) is 24.9 Å². The molecule has 2 aromatic carbocycles. The van der Waals surface area contributed by atoms with Gasteiger partial charge in [0.05, 0.1) is 30.5 Å². The Morgan fingerprint density at radius 3 is 2.52 bits per heavy atom. The number of nitrogens with zero attached hydrogens (tertiary/aromatic N) is 3. The molecule has 1 fully saturated rings. The molecule has 1 aromatic heterocycles. The Hall–Kier alpha value is -2.55. The number of rotatable bonds is 6. The lowest BCUT2D eigenvalue weighted by Gasteiger charge is -2.22. The van der Waals surface area contributed by atoms with Crippen LogP contribution in [0.2, 0.25) is 0 Å². The molecule has 0 radical (unpaired) electrons. The maximum Gasteiger partial charge on any atom is 0.214 e. The number of hydrogen-bond donors (Lipinski definition) is 1. The van der Waals surface area contributed by atoms with Gasteiger partial charge in [-0.15, -0.1) is 0 Å². The van der Waals surface area contributed by atoms with Crippen molar-refractivity contribution in [1.29, 1.82) is 0 Å². The van der Waals surface area contributed by atoms with Crippen molar-refractivity contribution in [3.8, 4) is 11.4 Å². The van der Waals surface area contributed by atoms with E-state index in [0.717, 1.165) is 16.5 Å². The molecule has 0 unspecified atom stereocenters. The second-order valence-electron chi connectivity index (χ2n) is 7.39. The predicted octanol–water partition coefficient (Wildman–Crippen LogP) is 2.62. The Labute approximate surface area is 170 Å². The molecule has 8 heteroatoms. The number of anilines is 1. The molecule has 3 aromatic rings. The van der Waals surface area contributed by atoms with Crippen LogP contribution in [0.5, 0.6) is 0 Å². The lowest BCUT2D eigenvalue weighted by atomic mass is 10.1. The van der Waals surface area contributed by atoms with Crippen molar-refractivity contribution in [2.24, 2.45) is 5.92 Å². The SMILES string of the molecule is CN(C)S(=O)(=O)C[C@@H]1COC[C@@H]1Nc1nc(-c2ccccc2)nc2ccccc12. The van der Waals surface area contributed by atoms with Crippen LogP contribution >= 0.6 is 0 Å². The van der Waals surface area contributed by atoms with Crippen molar-refractivity contribution < 1.29 is 13.2 Å². The van der Waals surface area contributed by atoms with E-state index in [1.54, 1.807) is 14.1 Å². The minimum atomic E-state index is -3.32. The largest absolute Gasteiger partial charge is 0.379 e. The molecule has 1 aliphatic rings. The number of hydrogen-bond acceptors (Lipinski definition) is 6. The third-order valence-corrected chi connectivity index (χ3v) is 7.10. The van der Waals surface area contributed by atoms with Crippen LogP contribution in [0.4, 0.5) is 5.82 Å². The van der Waals surface area contributed by atoms with Gasteiger partial charge in [0.2, 0.25) is 10.0 Å². The molecule has 0 aliphatic carbocycles. The summed E-state index contributed by atoms with van der Waals surface area (Å²) in [6, 6.07) is 17.5. The Kier molecular flexibility index (Phi) is 5.49. The summed E-state index contributed by atoms with van der Waals surface area (Å²) >= 11 is 0. The van der Waals surface area contributed by atoms with Crippen molar-refractivity contribution in [3.63, 3.8) is 0 Å². The van der Waals surface area contributed by atoms with Gasteiger partial charge in [-0.3, -0.25) is 0 Å². The average Bonchev–Trinajstić information content (AvgIpc) is 3.14. The predicted molar refractivity (Wildman–Crippen MR) is 114 cm³/mol. The normalized spacial score (nSPS) is 19.7. The molecule has 0 bridgehead atoms. The molecular weight excluding hydrogens is 388 g/mol. The summed E-state index contributed by atoms with van der Waals surface area (Å²) in [5, 5.41) is 4.34. The van der Waals surface area contributed by atoms with E-state index in [-0.39, 0.29) is 17.7 Å². The molecular formula is C21H24N4O3S. The molecule has 29 heavy (non-hydrogen) atoms. The first kappa shape index (κ1) is 19.8. The molecule has 4 rings (SSSR count). The van der Waals surface area contributed by atoms with E-state index in [2.05, 4.69) is 5.32 Å². The highest BCUT2D eigenvalue weighted by Gasteiger charge is 2.33. The molecule has 0 saturated carbocycles. The second-order valence-corrected chi connectivity index (χ2v) is 9.62. The lowest BCUT2D eigenvalue weighted by Crippen LogP contribution is -2.37. The molecule has 1 N–H and O–H groups in total. The maximum atomic E-state index is 12.4. The topological polar surface area (TPSA) is 84.4 Å². The van der Waals surface area contributed by atoms with E-state index >= 15 is 0 Å². The van der Waals surface area contributed by atoms with E-state index in [4.69, 9.17) is 14.7 Å². The molecule has 152 valence electrons. The van der Waals surface area contributed by atoms with Crippen LogP contribution < -0.4 is 5.32 Å². The van der Waals surface area contributed by atoms with Crippen LogP contribution in [0.1, 0.15) is 0 Å². The Balaban J connectivity index is 1.68. The van der Waals surface area contributed by atoms with Gasteiger partial charge in [0, 0.05) is 31.0 Å². The third kappa shape index (κ3) is 4.24. The van der Waals surface area contributed by atoms with Gasteiger partial charge in [0.25, 0.3) is 0 Å². The highest BCUT2D eigenvalue weighted by Crippen LogP contribution is 2.28. The standard InChI is InChI=1S/C21H24N4O3S/c1-25(2)29(26,27)14-16-12-28-13-19(16)23-21-17-10-6-7-11-18(17)22-20(24-21)15-8-4-3-5-9-15/h3-11,16,19H,12-14H2,1-2H3,(H,22,23,24)/t16-,19-/m0/s1. The maximum absolute atomic E-state index is 12.4. The fourth-order valence-corrected chi connectivity index (χ4v) is 4.59. The van der Waals surface area contributed by atoms with Gasteiger partial charge >= 0.3 is 0 Å². The first-order chi connectivity index (χ1) is 13.9. The zero-order valence-electron chi connectivity index (χ0n) is 16.4. The summed E-state index contributed by atoms with van der Waals surface area (Å²) in [6.45, 7) is 0.839. The van der Waals surface area contributed by atoms with E-state index in [9.17, 15) is 8.42 Å². The van der Waals surface area contributed by atoms with Crippen LogP contribution in [0.25, 0.3) is 22.3 Å². The molecule has 2 atom stereocenters. The van der Waals surface area contributed by atoms with Gasteiger partial charge in [-0.05, 0) is 12.1 Å². The molecule has 1 aliphatic heterocycles. The second kappa shape index (κ2) is 8.06. The zero-order valence-corrected chi connectivity index (χ0v) is 17.3. The molecule has 1 saturated heterocycles. The summed E-state index contributed by atoms with van der Waals surface area (Å²) in [5.74, 6) is 1.20. The van der Waals surface area contributed by atoms with E-state index < -0.39 is 10.0 Å². The number of ether oxygens (including phenoxy) is 1. The lowest BCUT2D eigenvalue weighted by molar-refractivity contribution is 0.187. The summed E-state index contributed by atoms with van der Waals surface area (Å²) in [7, 11) is -0.213. The average molecular weight is 413 g/mol. The minimum Gasteiger partial charge on any atom is -0.379 e. The highest BCUT2D eigenvalue weighted by molar-refractivity contribution is 7.89. The molecule has 0 spiro atoms. The van der Waals surface area contributed by atoms with Gasteiger partial charge in [-0.25, -0.2) is 22.7 Å².